The fourth-order valence-electron chi connectivity index (χ4n) is 1.48. The molecule has 0 bridgehead atoms. The lowest BCUT2D eigenvalue weighted by Crippen LogP contribution is -2.08. The van der Waals surface area contributed by atoms with Crippen LogP contribution in [0.25, 0.3) is 6.08 Å². The summed E-state index contributed by atoms with van der Waals surface area (Å²) in [5.41, 5.74) is -0.0572. The van der Waals surface area contributed by atoms with Crippen LogP contribution < -0.4 is 4.74 Å². The van der Waals surface area contributed by atoms with Gasteiger partial charge in [-0.1, -0.05) is 31.5 Å². The molecule has 0 spiro atoms. The molecule has 0 radical (unpaired) electrons. The summed E-state index contributed by atoms with van der Waals surface area (Å²) in [6.07, 6.45) is 2.71. The molecule has 6 heteroatoms. The highest BCUT2D eigenvalue weighted by Crippen LogP contribution is 2.23. The number of hydrogen-bond acceptors (Lipinski definition) is 4. The van der Waals surface area contributed by atoms with Gasteiger partial charge in [0.1, 0.15) is 17.4 Å². The van der Waals surface area contributed by atoms with Crippen LogP contribution in [-0.2, 0) is 9.53 Å². The smallest absolute Gasteiger partial charge is 0.387 e. The maximum absolute atomic E-state index is 12.3. The number of alkyl halides is 2. The molecule has 0 aliphatic carbocycles. The fraction of sp³-hybridized carbons (Fsp3) is 0.333. The quantitative estimate of drug-likeness (QED) is 0.334. The number of rotatable bonds is 7. The Kier molecular flexibility index (Phi) is 6.88. The number of nitrogens with zero attached hydrogens (tertiary/aromatic N) is 1. The summed E-state index contributed by atoms with van der Waals surface area (Å²) >= 11 is 0. The zero-order chi connectivity index (χ0) is 15.7. The monoisotopic (exact) mass is 295 g/mol. The number of esters is 1. The molecule has 0 fully saturated rings. The van der Waals surface area contributed by atoms with Gasteiger partial charge < -0.3 is 9.47 Å². The van der Waals surface area contributed by atoms with Crippen molar-refractivity contribution in [2.75, 3.05) is 6.61 Å². The summed E-state index contributed by atoms with van der Waals surface area (Å²) in [5, 5.41) is 8.98. The number of ether oxygens (including phenoxy) is 2. The van der Waals surface area contributed by atoms with Crippen molar-refractivity contribution in [2.24, 2.45) is 0 Å². The van der Waals surface area contributed by atoms with E-state index in [0.717, 1.165) is 6.42 Å². The molecule has 1 aromatic carbocycles. The van der Waals surface area contributed by atoms with E-state index in [1.807, 2.05) is 6.92 Å². The molecule has 0 saturated carbocycles. The normalized spacial score (nSPS) is 11.1. The molecule has 1 rings (SSSR count). The van der Waals surface area contributed by atoms with Crippen LogP contribution >= 0.6 is 0 Å². The van der Waals surface area contributed by atoms with Crippen molar-refractivity contribution in [3.05, 3.63) is 35.4 Å². The molecule has 0 N–H and O–H groups in total. The third-order valence-corrected chi connectivity index (χ3v) is 2.51. The predicted molar refractivity (Wildman–Crippen MR) is 72.5 cm³/mol. The summed E-state index contributed by atoms with van der Waals surface area (Å²) in [4.78, 5) is 11.7. The maximum atomic E-state index is 12.3. The van der Waals surface area contributed by atoms with Crippen LogP contribution in [0, 0.1) is 11.3 Å². The summed E-state index contributed by atoms with van der Waals surface area (Å²) in [6, 6.07) is 7.60. The largest absolute Gasteiger partial charge is 0.462 e. The van der Waals surface area contributed by atoms with E-state index in [2.05, 4.69) is 4.74 Å². The Bertz CT molecular complexity index is 550. The van der Waals surface area contributed by atoms with E-state index in [0.29, 0.717) is 6.42 Å². The number of carbonyl (C=O) groups is 1. The van der Waals surface area contributed by atoms with Crippen molar-refractivity contribution < 1.29 is 23.0 Å². The van der Waals surface area contributed by atoms with Gasteiger partial charge in [0.15, 0.2) is 0 Å². The van der Waals surface area contributed by atoms with E-state index in [-0.39, 0.29) is 23.5 Å². The molecule has 112 valence electrons. The van der Waals surface area contributed by atoms with Crippen molar-refractivity contribution >= 4 is 12.0 Å². The molecule has 0 saturated heterocycles. The molecule has 21 heavy (non-hydrogen) atoms. The molecule has 1 aromatic rings. The number of hydrogen-bond donors (Lipinski definition) is 0. The Labute approximate surface area is 121 Å². The lowest BCUT2D eigenvalue weighted by atomic mass is 10.1. The Balaban J connectivity index is 2.93. The molecule has 0 aliphatic rings. The minimum atomic E-state index is -2.98. The van der Waals surface area contributed by atoms with Gasteiger partial charge in [0.05, 0.1) is 6.61 Å². The molecular weight excluding hydrogens is 280 g/mol. The first-order valence-electron chi connectivity index (χ1n) is 6.41. The third kappa shape index (κ3) is 5.61. The predicted octanol–water partition coefficient (Wildman–Crippen LogP) is 3.54. The molecule has 0 amide bonds. The number of unbranched alkanes of at least 4 members (excludes halogenated alkanes) is 1. The lowest BCUT2D eigenvalue weighted by Gasteiger charge is -2.08. The van der Waals surface area contributed by atoms with Gasteiger partial charge in [-0.15, -0.1) is 0 Å². The van der Waals surface area contributed by atoms with Crippen LogP contribution in [0.4, 0.5) is 8.78 Å². The van der Waals surface area contributed by atoms with Crippen molar-refractivity contribution in [2.45, 2.75) is 26.4 Å². The molecule has 0 aliphatic heterocycles. The van der Waals surface area contributed by atoms with E-state index < -0.39 is 12.6 Å². The van der Waals surface area contributed by atoms with Gasteiger partial charge >= 0.3 is 12.6 Å². The number of carbonyl (C=O) groups excluding carboxylic acids is 1. The van der Waals surface area contributed by atoms with Gasteiger partial charge in [0.25, 0.3) is 0 Å². The Morgan fingerprint density at radius 3 is 2.76 bits per heavy atom. The second-order valence-electron chi connectivity index (χ2n) is 4.08. The van der Waals surface area contributed by atoms with E-state index >= 15 is 0 Å². The number of nitriles is 1. The average Bonchev–Trinajstić information content (AvgIpc) is 2.45. The van der Waals surface area contributed by atoms with Crippen molar-refractivity contribution in [3.8, 4) is 11.8 Å². The van der Waals surface area contributed by atoms with Gasteiger partial charge in [0, 0.05) is 5.56 Å². The Morgan fingerprint density at radius 2 is 2.14 bits per heavy atom. The molecule has 0 aromatic heterocycles. The lowest BCUT2D eigenvalue weighted by molar-refractivity contribution is -0.138. The van der Waals surface area contributed by atoms with Crippen LogP contribution in [0.2, 0.25) is 0 Å². The summed E-state index contributed by atoms with van der Waals surface area (Å²) in [5.74, 6) is -0.889. The topological polar surface area (TPSA) is 59.3 Å². The maximum Gasteiger partial charge on any atom is 0.387 e. The third-order valence-electron chi connectivity index (χ3n) is 2.51. The highest BCUT2D eigenvalue weighted by atomic mass is 19.3. The number of para-hydroxylation sites is 1. The standard InChI is InChI=1S/C15H15F2NO3/c1-2-3-8-20-14(19)12(10-18)9-11-6-4-5-7-13(11)21-15(16)17/h4-7,9,15H,2-3,8H2,1H3. The summed E-state index contributed by atoms with van der Waals surface area (Å²) in [7, 11) is 0. The second kappa shape index (κ2) is 8.69. The van der Waals surface area contributed by atoms with E-state index in [1.54, 1.807) is 12.1 Å². The van der Waals surface area contributed by atoms with Gasteiger partial charge in [-0.05, 0) is 18.6 Å². The van der Waals surface area contributed by atoms with Crippen LogP contribution in [0.1, 0.15) is 25.3 Å². The van der Waals surface area contributed by atoms with Crippen LogP contribution in [-0.4, -0.2) is 19.2 Å². The van der Waals surface area contributed by atoms with Gasteiger partial charge in [0.2, 0.25) is 0 Å². The van der Waals surface area contributed by atoms with Crippen molar-refractivity contribution in [3.63, 3.8) is 0 Å². The molecule has 4 nitrogen and oxygen atoms in total. The van der Waals surface area contributed by atoms with E-state index in [9.17, 15) is 13.6 Å². The highest BCUT2D eigenvalue weighted by molar-refractivity contribution is 5.98. The number of halogens is 2. The molecular formula is C15H15F2NO3. The average molecular weight is 295 g/mol. The van der Waals surface area contributed by atoms with Gasteiger partial charge in [-0.25, -0.2) is 4.79 Å². The first-order valence-corrected chi connectivity index (χ1v) is 6.41. The van der Waals surface area contributed by atoms with Crippen molar-refractivity contribution in [1.29, 1.82) is 5.26 Å². The fourth-order valence-corrected chi connectivity index (χ4v) is 1.48. The minimum absolute atomic E-state index is 0.110. The van der Waals surface area contributed by atoms with Crippen molar-refractivity contribution in [1.82, 2.24) is 0 Å². The van der Waals surface area contributed by atoms with Crippen LogP contribution in [0.5, 0.6) is 5.75 Å². The zero-order valence-corrected chi connectivity index (χ0v) is 11.5. The molecule has 0 unspecified atom stereocenters. The van der Waals surface area contributed by atoms with Gasteiger partial charge in [-0.2, -0.15) is 14.0 Å². The zero-order valence-electron chi connectivity index (χ0n) is 11.5. The highest BCUT2D eigenvalue weighted by Gasteiger charge is 2.13. The molecule has 0 heterocycles. The summed E-state index contributed by atoms with van der Waals surface area (Å²) in [6.45, 7) is -0.835. The van der Waals surface area contributed by atoms with Gasteiger partial charge in [-0.3, -0.25) is 0 Å². The number of benzene rings is 1. The molecule has 0 atom stereocenters. The first-order chi connectivity index (χ1) is 10.1. The second-order valence-corrected chi connectivity index (χ2v) is 4.08. The SMILES string of the molecule is CCCCOC(=O)C(C#N)=Cc1ccccc1OC(F)F. The van der Waals surface area contributed by atoms with Crippen LogP contribution in [0.3, 0.4) is 0 Å². The Hall–Kier alpha value is -2.42. The van der Waals surface area contributed by atoms with E-state index in [4.69, 9.17) is 10.00 Å². The first kappa shape index (κ1) is 16.6. The minimum Gasteiger partial charge on any atom is -0.462 e. The van der Waals surface area contributed by atoms with Crippen LogP contribution in [0.15, 0.2) is 29.8 Å². The summed E-state index contributed by atoms with van der Waals surface area (Å²) < 4.78 is 33.8. The van der Waals surface area contributed by atoms with E-state index in [1.165, 1.54) is 24.3 Å². The Morgan fingerprint density at radius 1 is 1.43 bits per heavy atom.